The van der Waals surface area contributed by atoms with Gasteiger partial charge in [0.1, 0.15) is 0 Å². The van der Waals surface area contributed by atoms with Gasteiger partial charge in [-0.2, -0.15) is 0 Å². The molecule has 1 aromatic heterocycles. The number of thiazole rings is 1. The van der Waals surface area contributed by atoms with Crippen molar-refractivity contribution in [3.8, 4) is 0 Å². The number of fused-ring (bicyclic) bond motifs is 1. The van der Waals surface area contributed by atoms with E-state index in [0.717, 1.165) is 42.9 Å². The zero-order chi connectivity index (χ0) is 15.6. The maximum Gasteiger partial charge on any atom is 0.224 e. The van der Waals surface area contributed by atoms with Gasteiger partial charge in [0.25, 0.3) is 0 Å². The Kier molecular flexibility index (Phi) is 4.14. The summed E-state index contributed by atoms with van der Waals surface area (Å²) in [5.74, 6) is 0.389. The molecule has 3 unspecified atom stereocenters. The van der Waals surface area contributed by atoms with Crippen LogP contribution in [0.1, 0.15) is 30.2 Å². The van der Waals surface area contributed by atoms with E-state index in [1.165, 1.54) is 4.70 Å². The fourth-order valence-corrected chi connectivity index (χ4v) is 4.66. The summed E-state index contributed by atoms with van der Waals surface area (Å²) in [6, 6.07) is 8.50. The van der Waals surface area contributed by atoms with E-state index in [9.17, 15) is 4.79 Å². The van der Waals surface area contributed by atoms with Gasteiger partial charge < -0.3 is 10.6 Å². The largest absolute Gasteiger partial charge is 0.352 e. The normalized spacial score (nSPS) is 27.4. The molecule has 5 heteroatoms. The van der Waals surface area contributed by atoms with Crippen LogP contribution in [0.2, 0.25) is 0 Å². The van der Waals surface area contributed by atoms with Crippen LogP contribution in [0, 0.1) is 5.92 Å². The first-order valence-corrected chi connectivity index (χ1v) is 9.14. The average Bonchev–Trinajstić information content (AvgIpc) is 3.23. The lowest BCUT2D eigenvalue weighted by atomic mass is 9.82. The summed E-state index contributed by atoms with van der Waals surface area (Å²) in [4.78, 5) is 17.6. The molecule has 1 fully saturated rings. The standard InChI is InChI=1S/C18H21N3OS/c22-17(20-12-9-10-19-11-12)13-5-1-2-6-14(13)18-21-15-7-3-4-8-16(15)23-18/h1-4,7-8,12-14,19H,5-6,9-11H2,(H,20,22). The minimum atomic E-state index is 0.00108. The van der Waals surface area contributed by atoms with E-state index in [4.69, 9.17) is 4.98 Å². The number of nitrogens with zero attached hydrogens (tertiary/aromatic N) is 1. The zero-order valence-corrected chi connectivity index (χ0v) is 13.8. The number of carbonyl (C=O) groups excluding carboxylic acids is 1. The van der Waals surface area contributed by atoms with E-state index in [1.807, 2.05) is 18.2 Å². The van der Waals surface area contributed by atoms with Gasteiger partial charge in [-0.1, -0.05) is 24.3 Å². The van der Waals surface area contributed by atoms with Gasteiger partial charge in [0.05, 0.1) is 21.1 Å². The van der Waals surface area contributed by atoms with Crippen LogP contribution in [0.3, 0.4) is 0 Å². The Balaban J connectivity index is 1.57. The molecule has 1 aliphatic heterocycles. The molecule has 2 heterocycles. The number of carbonyl (C=O) groups is 1. The molecule has 23 heavy (non-hydrogen) atoms. The summed E-state index contributed by atoms with van der Waals surface area (Å²) in [7, 11) is 0. The molecule has 2 N–H and O–H groups in total. The summed E-state index contributed by atoms with van der Waals surface area (Å²) in [5.41, 5.74) is 1.04. The highest BCUT2D eigenvalue weighted by molar-refractivity contribution is 7.18. The van der Waals surface area contributed by atoms with E-state index in [2.05, 4.69) is 28.9 Å². The topological polar surface area (TPSA) is 54.0 Å². The third kappa shape index (κ3) is 3.03. The number of para-hydroxylation sites is 1. The third-order valence-electron chi connectivity index (χ3n) is 4.80. The van der Waals surface area contributed by atoms with E-state index in [-0.39, 0.29) is 23.8 Å². The van der Waals surface area contributed by atoms with Crippen molar-refractivity contribution in [3.05, 3.63) is 41.4 Å². The van der Waals surface area contributed by atoms with Crippen molar-refractivity contribution < 1.29 is 4.79 Å². The summed E-state index contributed by atoms with van der Waals surface area (Å²) in [6.07, 6.45) is 7.08. The summed E-state index contributed by atoms with van der Waals surface area (Å²) < 4.78 is 1.20. The summed E-state index contributed by atoms with van der Waals surface area (Å²) >= 11 is 1.73. The second-order valence-electron chi connectivity index (χ2n) is 6.37. The van der Waals surface area contributed by atoms with Gasteiger partial charge in [0, 0.05) is 18.5 Å². The van der Waals surface area contributed by atoms with Crippen molar-refractivity contribution in [2.45, 2.75) is 31.2 Å². The summed E-state index contributed by atoms with van der Waals surface area (Å²) in [5, 5.41) is 7.62. The van der Waals surface area contributed by atoms with Crippen LogP contribution in [0.4, 0.5) is 0 Å². The van der Waals surface area contributed by atoms with E-state index < -0.39 is 0 Å². The van der Waals surface area contributed by atoms with Crippen LogP contribution in [-0.2, 0) is 4.79 Å². The fraction of sp³-hybridized carbons (Fsp3) is 0.444. The maximum atomic E-state index is 12.8. The molecule has 1 aliphatic carbocycles. The van der Waals surface area contributed by atoms with Crippen molar-refractivity contribution in [1.29, 1.82) is 0 Å². The van der Waals surface area contributed by atoms with Crippen LogP contribution in [0.25, 0.3) is 10.2 Å². The van der Waals surface area contributed by atoms with E-state index >= 15 is 0 Å². The first-order chi connectivity index (χ1) is 11.3. The van der Waals surface area contributed by atoms with Gasteiger partial charge in [-0.05, 0) is 37.9 Å². The van der Waals surface area contributed by atoms with Crippen molar-refractivity contribution in [3.63, 3.8) is 0 Å². The second kappa shape index (κ2) is 6.42. The SMILES string of the molecule is O=C(NC1CCNC1)C1CC=CCC1c1nc2ccccc2s1. The molecule has 2 aromatic rings. The Morgan fingerprint density at radius 1 is 1.26 bits per heavy atom. The second-order valence-corrected chi connectivity index (χ2v) is 7.44. The van der Waals surface area contributed by atoms with Gasteiger partial charge in [0.2, 0.25) is 5.91 Å². The van der Waals surface area contributed by atoms with Crippen LogP contribution >= 0.6 is 11.3 Å². The molecule has 4 rings (SSSR count). The third-order valence-corrected chi connectivity index (χ3v) is 5.97. The number of rotatable bonds is 3. The lowest BCUT2D eigenvalue weighted by Gasteiger charge is -2.27. The fourth-order valence-electron chi connectivity index (χ4n) is 3.51. The van der Waals surface area contributed by atoms with E-state index in [0.29, 0.717) is 0 Å². The zero-order valence-electron chi connectivity index (χ0n) is 13.0. The Morgan fingerprint density at radius 3 is 2.96 bits per heavy atom. The number of allylic oxidation sites excluding steroid dienone is 2. The first kappa shape index (κ1) is 14.8. The molecule has 1 amide bonds. The maximum absolute atomic E-state index is 12.8. The predicted molar refractivity (Wildman–Crippen MR) is 93.6 cm³/mol. The highest BCUT2D eigenvalue weighted by Gasteiger charge is 2.33. The predicted octanol–water partition coefficient (Wildman–Crippen LogP) is 2.82. The highest BCUT2D eigenvalue weighted by Crippen LogP contribution is 2.38. The molecule has 2 aliphatic rings. The van der Waals surface area contributed by atoms with Gasteiger partial charge in [0.15, 0.2) is 0 Å². The number of nitrogens with one attached hydrogen (secondary N) is 2. The van der Waals surface area contributed by atoms with Crippen molar-refractivity contribution in [2.75, 3.05) is 13.1 Å². The number of amides is 1. The van der Waals surface area contributed by atoms with Gasteiger partial charge in [-0.15, -0.1) is 11.3 Å². The Hall–Kier alpha value is -1.72. The Morgan fingerprint density at radius 2 is 2.13 bits per heavy atom. The molecular weight excluding hydrogens is 306 g/mol. The lowest BCUT2D eigenvalue weighted by molar-refractivity contribution is -0.126. The van der Waals surface area contributed by atoms with Crippen LogP contribution in [-0.4, -0.2) is 30.0 Å². The molecule has 4 nitrogen and oxygen atoms in total. The quantitative estimate of drug-likeness (QED) is 0.853. The van der Waals surface area contributed by atoms with Crippen molar-refractivity contribution in [2.24, 2.45) is 5.92 Å². The molecule has 0 spiro atoms. The monoisotopic (exact) mass is 327 g/mol. The minimum absolute atomic E-state index is 0.00108. The van der Waals surface area contributed by atoms with Crippen LogP contribution in [0.5, 0.6) is 0 Å². The molecule has 3 atom stereocenters. The Bertz CT molecular complexity index is 700. The lowest BCUT2D eigenvalue weighted by Crippen LogP contribution is -2.42. The molecule has 0 saturated carbocycles. The number of aromatic nitrogens is 1. The number of benzene rings is 1. The molecule has 1 saturated heterocycles. The average molecular weight is 327 g/mol. The van der Waals surface area contributed by atoms with E-state index in [1.54, 1.807) is 11.3 Å². The van der Waals surface area contributed by atoms with Crippen molar-refractivity contribution in [1.82, 2.24) is 15.6 Å². The Labute approximate surface area is 140 Å². The smallest absolute Gasteiger partial charge is 0.224 e. The molecule has 0 radical (unpaired) electrons. The number of hydrogen-bond donors (Lipinski definition) is 2. The molecular formula is C18H21N3OS. The van der Waals surface area contributed by atoms with Gasteiger partial charge >= 0.3 is 0 Å². The minimum Gasteiger partial charge on any atom is -0.352 e. The van der Waals surface area contributed by atoms with Crippen LogP contribution < -0.4 is 10.6 Å². The van der Waals surface area contributed by atoms with Gasteiger partial charge in [-0.25, -0.2) is 4.98 Å². The highest BCUT2D eigenvalue weighted by atomic mass is 32.1. The molecule has 0 bridgehead atoms. The van der Waals surface area contributed by atoms with Gasteiger partial charge in [-0.3, -0.25) is 4.79 Å². The first-order valence-electron chi connectivity index (χ1n) is 8.33. The van der Waals surface area contributed by atoms with Crippen molar-refractivity contribution >= 4 is 27.5 Å². The summed E-state index contributed by atoms with van der Waals surface area (Å²) in [6.45, 7) is 1.89. The number of hydrogen-bond acceptors (Lipinski definition) is 4. The van der Waals surface area contributed by atoms with Crippen LogP contribution in [0.15, 0.2) is 36.4 Å². The molecule has 1 aromatic carbocycles. The molecule has 120 valence electrons.